The third kappa shape index (κ3) is 4.84. The monoisotopic (exact) mass is 388 g/mol. The van der Waals surface area contributed by atoms with E-state index < -0.39 is 0 Å². The number of aromatic nitrogens is 1. The number of nitrogen functional groups attached to an aromatic ring is 1. The third-order valence-corrected chi connectivity index (χ3v) is 6.49. The molecule has 0 aliphatic heterocycles. The predicted octanol–water partition coefficient (Wildman–Crippen LogP) is 5.48. The van der Waals surface area contributed by atoms with Crippen molar-refractivity contribution in [1.82, 2.24) is 4.98 Å². The largest absolute Gasteiger partial charge is 0.383 e. The Bertz CT molecular complexity index is 853. The molecule has 0 radical (unpaired) electrons. The normalized spacial score (nSPS) is 10.8. The molecule has 7 heteroatoms. The molecule has 3 rings (SSSR count). The average molecular weight is 389 g/mol. The van der Waals surface area contributed by atoms with Gasteiger partial charge in [-0.05, 0) is 24.1 Å². The first-order valence-electron chi connectivity index (χ1n) is 8.00. The highest BCUT2D eigenvalue weighted by molar-refractivity contribution is 7.98. The Morgan fingerprint density at radius 2 is 2.12 bits per heavy atom. The number of para-hydroxylation sites is 1. The van der Waals surface area contributed by atoms with Crippen LogP contribution >= 0.6 is 34.4 Å². The van der Waals surface area contributed by atoms with Gasteiger partial charge in [0.1, 0.15) is 5.84 Å². The van der Waals surface area contributed by atoms with Gasteiger partial charge < -0.3 is 11.1 Å². The van der Waals surface area contributed by atoms with E-state index in [9.17, 15) is 0 Å². The molecular formula is C18H20N4S3. The summed E-state index contributed by atoms with van der Waals surface area (Å²) in [6, 6.07) is 10.4. The lowest BCUT2D eigenvalue weighted by molar-refractivity contribution is 0.923. The number of rotatable bonds is 8. The lowest BCUT2D eigenvalue weighted by Gasteiger charge is -2.08. The summed E-state index contributed by atoms with van der Waals surface area (Å²) in [5.41, 5.74) is 9.03. The molecule has 0 fully saturated rings. The van der Waals surface area contributed by atoms with Gasteiger partial charge in [0.05, 0.1) is 10.6 Å². The fourth-order valence-corrected chi connectivity index (χ4v) is 4.98. The van der Waals surface area contributed by atoms with Crippen molar-refractivity contribution in [3.63, 3.8) is 0 Å². The van der Waals surface area contributed by atoms with Crippen LogP contribution in [-0.2, 0) is 12.2 Å². The second-order valence-electron chi connectivity index (χ2n) is 5.53. The number of nitrogens with two attached hydrogens (primary N) is 1. The van der Waals surface area contributed by atoms with Crippen LogP contribution in [0.2, 0.25) is 0 Å². The van der Waals surface area contributed by atoms with Gasteiger partial charge in [-0.2, -0.15) is 0 Å². The number of thiophene rings is 1. The minimum atomic E-state index is 0.128. The number of nitrogens with one attached hydrogen (secondary N) is 2. The molecule has 0 saturated heterocycles. The Kier molecular flexibility index (Phi) is 6.12. The maximum Gasteiger partial charge on any atom is 0.187 e. The Morgan fingerprint density at radius 1 is 1.28 bits per heavy atom. The zero-order valence-electron chi connectivity index (χ0n) is 13.9. The molecule has 0 bridgehead atoms. The third-order valence-electron chi connectivity index (χ3n) is 3.56. The number of nitrogens with zero attached hydrogens (tertiary/aromatic N) is 1. The van der Waals surface area contributed by atoms with Crippen molar-refractivity contribution in [2.24, 2.45) is 5.73 Å². The van der Waals surface area contributed by atoms with E-state index in [4.69, 9.17) is 11.1 Å². The van der Waals surface area contributed by atoms with Crippen LogP contribution in [0.5, 0.6) is 0 Å². The molecule has 0 aliphatic carbocycles. The first-order chi connectivity index (χ1) is 12.2. The van der Waals surface area contributed by atoms with Gasteiger partial charge >= 0.3 is 0 Å². The highest BCUT2D eigenvalue weighted by Gasteiger charge is 2.08. The highest BCUT2D eigenvalue weighted by Crippen LogP contribution is 2.30. The Morgan fingerprint density at radius 3 is 2.88 bits per heavy atom. The van der Waals surface area contributed by atoms with Crippen LogP contribution in [0.1, 0.15) is 29.5 Å². The quantitative estimate of drug-likeness (QED) is 0.271. The van der Waals surface area contributed by atoms with Crippen molar-refractivity contribution in [1.29, 1.82) is 5.41 Å². The maximum atomic E-state index is 7.46. The molecule has 4 nitrogen and oxygen atoms in total. The maximum absolute atomic E-state index is 7.46. The number of benzene rings is 1. The van der Waals surface area contributed by atoms with Gasteiger partial charge in [0.15, 0.2) is 5.13 Å². The van der Waals surface area contributed by atoms with E-state index in [2.05, 4.69) is 46.9 Å². The van der Waals surface area contributed by atoms with Gasteiger partial charge in [-0.15, -0.1) is 34.4 Å². The van der Waals surface area contributed by atoms with Crippen LogP contribution in [0.15, 0.2) is 46.0 Å². The molecule has 0 aliphatic rings. The molecule has 25 heavy (non-hydrogen) atoms. The topological polar surface area (TPSA) is 74.8 Å². The van der Waals surface area contributed by atoms with Crippen LogP contribution in [0, 0.1) is 5.41 Å². The SMILES string of the molecule is CCCc1ccccc1Nc1nc(CSc2csc(C(=N)N)c2)cs1. The smallest absolute Gasteiger partial charge is 0.187 e. The Hall–Kier alpha value is -1.83. The summed E-state index contributed by atoms with van der Waals surface area (Å²) >= 11 is 4.85. The van der Waals surface area contributed by atoms with Crippen molar-refractivity contribution in [2.75, 3.05) is 5.32 Å². The van der Waals surface area contributed by atoms with Crippen molar-refractivity contribution >= 4 is 51.1 Å². The van der Waals surface area contributed by atoms with Gasteiger partial charge in [-0.25, -0.2) is 4.98 Å². The number of anilines is 2. The molecule has 1 aromatic carbocycles. The molecule has 0 spiro atoms. The number of thiazole rings is 1. The second kappa shape index (κ2) is 8.51. The summed E-state index contributed by atoms with van der Waals surface area (Å²) in [7, 11) is 0. The molecule has 4 N–H and O–H groups in total. The molecule has 0 unspecified atom stereocenters. The number of hydrogen-bond donors (Lipinski definition) is 3. The summed E-state index contributed by atoms with van der Waals surface area (Å²) in [5, 5.41) is 16.0. The lowest BCUT2D eigenvalue weighted by atomic mass is 10.1. The van der Waals surface area contributed by atoms with Crippen molar-refractivity contribution in [2.45, 2.75) is 30.4 Å². The first-order valence-corrected chi connectivity index (χ1v) is 10.7. The summed E-state index contributed by atoms with van der Waals surface area (Å²) in [6.07, 6.45) is 2.19. The summed E-state index contributed by atoms with van der Waals surface area (Å²) in [4.78, 5) is 6.63. The minimum Gasteiger partial charge on any atom is -0.383 e. The molecular weight excluding hydrogens is 368 g/mol. The lowest BCUT2D eigenvalue weighted by Crippen LogP contribution is -2.08. The van der Waals surface area contributed by atoms with E-state index in [1.54, 1.807) is 23.1 Å². The fourth-order valence-electron chi connectivity index (χ4n) is 2.37. The highest BCUT2D eigenvalue weighted by atomic mass is 32.2. The summed E-state index contributed by atoms with van der Waals surface area (Å²) in [6.45, 7) is 2.19. The molecule has 2 heterocycles. The summed E-state index contributed by atoms with van der Waals surface area (Å²) < 4.78 is 0. The second-order valence-corrected chi connectivity index (χ2v) is 8.34. The molecule has 0 amide bonds. The zero-order chi connectivity index (χ0) is 17.6. The van der Waals surface area contributed by atoms with Crippen LogP contribution in [0.25, 0.3) is 0 Å². The first kappa shape index (κ1) is 18.0. The fraction of sp³-hybridized carbons (Fsp3) is 0.222. The van der Waals surface area contributed by atoms with E-state index in [1.807, 2.05) is 11.4 Å². The molecule has 0 saturated carbocycles. The van der Waals surface area contributed by atoms with E-state index >= 15 is 0 Å². The van der Waals surface area contributed by atoms with E-state index in [1.165, 1.54) is 16.9 Å². The van der Waals surface area contributed by atoms with Crippen molar-refractivity contribution < 1.29 is 0 Å². The molecule has 0 atom stereocenters. The average Bonchev–Trinajstić information content (AvgIpc) is 3.24. The Balaban J connectivity index is 1.61. The van der Waals surface area contributed by atoms with Crippen molar-refractivity contribution in [3.05, 3.63) is 57.2 Å². The van der Waals surface area contributed by atoms with E-state index in [0.717, 1.165) is 44.9 Å². The van der Waals surface area contributed by atoms with E-state index in [-0.39, 0.29) is 5.84 Å². The summed E-state index contributed by atoms with van der Waals surface area (Å²) in [5.74, 6) is 0.936. The Labute approximate surface area is 160 Å². The van der Waals surface area contributed by atoms with Crippen LogP contribution < -0.4 is 11.1 Å². The van der Waals surface area contributed by atoms with Gasteiger partial charge in [0, 0.05) is 27.1 Å². The molecule has 2 aromatic heterocycles. The van der Waals surface area contributed by atoms with Gasteiger partial charge in [0.2, 0.25) is 0 Å². The van der Waals surface area contributed by atoms with Gasteiger partial charge in [0.25, 0.3) is 0 Å². The van der Waals surface area contributed by atoms with Gasteiger partial charge in [-0.3, -0.25) is 5.41 Å². The standard InChI is InChI=1S/C18H20N4S3/c1-2-5-12-6-3-4-7-15(12)22-18-21-13(10-25-18)9-23-14-8-16(17(19)20)24-11-14/h3-4,6-8,10-11H,2,5,9H2,1H3,(H3,19,20)(H,21,22). The number of aryl methyl sites for hydroxylation is 1. The zero-order valence-corrected chi connectivity index (χ0v) is 16.4. The molecule has 3 aromatic rings. The van der Waals surface area contributed by atoms with E-state index in [0.29, 0.717) is 0 Å². The number of thioether (sulfide) groups is 1. The van der Waals surface area contributed by atoms with Crippen LogP contribution in [0.4, 0.5) is 10.8 Å². The van der Waals surface area contributed by atoms with Crippen LogP contribution in [-0.4, -0.2) is 10.8 Å². The number of hydrogen-bond acceptors (Lipinski definition) is 6. The van der Waals surface area contributed by atoms with Crippen molar-refractivity contribution in [3.8, 4) is 0 Å². The molecule has 130 valence electrons. The predicted molar refractivity (Wildman–Crippen MR) is 111 cm³/mol. The number of amidine groups is 1. The minimum absolute atomic E-state index is 0.128. The van der Waals surface area contributed by atoms with Crippen LogP contribution in [0.3, 0.4) is 0 Å². The van der Waals surface area contributed by atoms with Gasteiger partial charge in [-0.1, -0.05) is 31.5 Å².